The predicted octanol–water partition coefficient (Wildman–Crippen LogP) is 2.02. The van der Waals surface area contributed by atoms with E-state index < -0.39 is 11.9 Å². The third kappa shape index (κ3) is 7.23. The summed E-state index contributed by atoms with van der Waals surface area (Å²) < 4.78 is 7.01. The van der Waals surface area contributed by atoms with Gasteiger partial charge in [0, 0.05) is 55.7 Å². The van der Waals surface area contributed by atoms with Gasteiger partial charge in [0.15, 0.2) is 12.4 Å². The summed E-state index contributed by atoms with van der Waals surface area (Å²) >= 11 is 5.57. The van der Waals surface area contributed by atoms with Crippen molar-refractivity contribution in [3.8, 4) is 5.75 Å². The Bertz CT molecular complexity index is 1290. The van der Waals surface area contributed by atoms with Crippen LogP contribution in [0, 0.1) is 0 Å². The average molecular weight is 561 g/mol. The van der Waals surface area contributed by atoms with E-state index in [1.807, 2.05) is 35.2 Å². The van der Waals surface area contributed by atoms with E-state index in [4.69, 9.17) is 22.1 Å². The minimum atomic E-state index is -0.667. The fourth-order valence-corrected chi connectivity index (χ4v) is 4.37. The molecule has 38 heavy (non-hydrogen) atoms. The number of hydrogen-bond donors (Lipinski definition) is 2. The SMILES string of the molecule is Cl.NC(=O)[C@@H]1CCc2cnc(N(CCc3ccccn3)Cc3ccc(OCC(=O)NCCCl)cc3)c(=O)n21. The van der Waals surface area contributed by atoms with Crippen LogP contribution in [0.5, 0.6) is 5.75 Å². The number of anilines is 1. The Balaban J connectivity index is 0.00000400. The normalized spacial score (nSPS) is 13.8. The number of halogens is 2. The Morgan fingerprint density at radius 2 is 1.97 bits per heavy atom. The van der Waals surface area contributed by atoms with Gasteiger partial charge in [-0.2, -0.15) is 0 Å². The topological polar surface area (TPSA) is 132 Å². The number of hydrogen-bond acceptors (Lipinski definition) is 7. The molecule has 1 aliphatic rings. The van der Waals surface area contributed by atoms with Crippen molar-refractivity contribution in [3.63, 3.8) is 0 Å². The number of nitrogens with two attached hydrogens (primary N) is 1. The fourth-order valence-electron chi connectivity index (χ4n) is 4.27. The van der Waals surface area contributed by atoms with Gasteiger partial charge in [-0.1, -0.05) is 18.2 Å². The highest BCUT2D eigenvalue weighted by molar-refractivity contribution is 6.18. The van der Waals surface area contributed by atoms with E-state index in [2.05, 4.69) is 15.3 Å². The van der Waals surface area contributed by atoms with E-state index in [-0.39, 0.29) is 36.3 Å². The lowest BCUT2D eigenvalue weighted by Crippen LogP contribution is -2.38. The maximum atomic E-state index is 13.5. The van der Waals surface area contributed by atoms with Crippen molar-refractivity contribution < 1.29 is 14.3 Å². The van der Waals surface area contributed by atoms with Crippen molar-refractivity contribution >= 4 is 41.6 Å². The molecule has 1 atom stereocenters. The van der Waals surface area contributed by atoms with Gasteiger partial charge >= 0.3 is 0 Å². The Morgan fingerprint density at radius 1 is 1.18 bits per heavy atom. The molecule has 0 aliphatic carbocycles. The zero-order valence-corrected chi connectivity index (χ0v) is 22.3. The lowest BCUT2D eigenvalue weighted by Gasteiger charge is -2.24. The second-order valence-corrected chi connectivity index (χ2v) is 9.05. The van der Waals surface area contributed by atoms with Crippen molar-refractivity contribution in [2.45, 2.75) is 31.8 Å². The molecular formula is C26H30Cl2N6O4. The van der Waals surface area contributed by atoms with Gasteiger partial charge in [-0.05, 0) is 42.7 Å². The van der Waals surface area contributed by atoms with E-state index in [0.717, 1.165) is 11.3 Å². The second-order valence-electron chi connectivity index (χ2n) is 8.67. The van der Waals surface area contributed by atoms with Crippen LogP contribution in [0.15, 0.2) is 59.7 Å². The molecule has 0 saturated heterocycles. The van der Waals surface area contributed by atoms with E-state index in [0.29, 0.717) is 56.2 Å². The van der Waals surface area contributed by atoms with E-state index in [1.165, 1.54) is 4.57 Å². The largest absolute Gasteiger partial charge is 0.484 e. The van der Waals surface area contributed by atoms with Crippen LogP contribution < -0.4 is 26.2 Å². The van der Waals surface area contributed by atoms with Crippen molar-refractivity contribution in [1.29, 1.82) is 0 Å². The molecule has 3 N–H and O–H groups in total. The van der Waals surface area contributed by atoms with Crippen LogP contribution in [0.4, 0.5) is 5.82 Å². The first-order chi connectivity index (χ1) is 18.0. The van der Waals surface area contributed by atoms with Crippen LogP contribution in [-0.4, -0.2) is 51.9 Å². The summed E-state index contributed by atoms with van der Waals surface area (Å²) in [6.07, 6.45) is 5.06. The summed E-state index contributed by atoms with van der Waals surface area (Å²) in [6.45, 7) is 1.15. The number of aryl methyl sites for hydroxylation is 1. The molecular weight excluding hydrogens is 531 g/mol. The van der Waals surface area contributed by atoms with Crippen LogP contribution in [0.25, 0.3) is 0 Å². The molecule has 12 heteroatoms. The highest BCUT2D eigenvalue weighted by atomic mass is 35.5. The number of alkyl halides is 1. The van der Waals surface area contributed by atoms with Crippen LogP contribution in [0.1, 0.15) is 29.4 Å². The average Bonchev–Trinajstić information content (AvgIpc) is 3.36. The summed E-state index contributed by atoms with van der Waals surface area (Å²) in [5.74, 6) is 0.366. The minimum Gasteiger partial charge on any atom is -0.484 e. The third-order valence-corrected chi connectivity index (χ3v) is 6.31. The van der Waals surface area contributed by atoms with Gasteiger partial charge in [0.2, 0.25) is 5.91 Å². The molecule has 0 spiro atoms. The number of rotatable bonds is 12. The van der Waals surface area contributed by atoms with Gasteiger partial charge < -0.3 is 20.7 Å². The van der Waals surface area contributed by atoms with E-state index in [9.17, 15) is 14.4 Å². The predicted molar refractivity (Wildman–Crippen MR) is 147 cm³/mol. The Kier molecular flexibility index (Phi) is 10.5. The van der Waals surface area contributed by atoms with E-state index in [1.54, 1.807) is 24.5 Å². The number of carbonyl (C=O) groups is 2. The monoisotopic (exact) mass is 560 g/mol. The first kappa shape index (κ1) is 28.9. The summed E-state index contributed by atoms with van der Waals surface area (Å²) in [5, 5.41) is 2.64. The third-order valence-electron chi connectivity index (χ3n) is 6.12. The van der Waals surface area contributed by atoms with Gasteiger partial charge in [0.1, 0.15) is 11.8 Å². The fraction of sp³-hybridized carbons (Fsp3) is 0.346. The zero-order chi connectivity index (χ0) is 26.2. The smallest absolute Gasteiger partial charge is 0.294 e. The summed E-state index contributed by atoms with van der Waals surface area (Å²) in [4.78, 5) is 47.9. The summed E-state index contributed by atoms with van der Waals surface area (Å²) in [6, 6.07) is 12.3. The van der Waals surface area contributed by atoms with Gasteiger partial charge in [-0.25, -0.2) is 4.98 Å². The Labute approximate surface area is 231 Å². The molecule has 2 aromatic heterocycles. The quantitative estimate of drug-likeness (QED) is 0.324. The number of aromatic nitrogens is 3. The zero-order valence-electron chi connectivity index (χ0n) is 20.7. The number of fused-ring (bicyclic) bond motifs is 1. The molecule has 0 fully saturated rings. The first-order valence-electron chi connectivity index (χ1n) is 12.0. The Hall–Kier alpha value is -3.63. The van der Waals surface area contributed by atoms with Gasteiger partial charge in [-0.3, -0.25) is 23.9 Å². The molecule has 2 amide bonds. The van der Waals surface area contributed by atoms with Crippen molar-refractivity contribution in [3.05, 3.63) is 82.2 Å². The number of benzene rings is 1. The number of carbonyl (C=O) groups excluding carboxylic acids is 2. The maximum Gasteiger partial charge on any atom is 0.294 e. The molecule has 0 radical (unpaired) electrons. The van der Waals surface area contributed by atoms with Crippen LogP contribution >= 0.6 is 24.0 Å². The lowest BCUT2D eigenvalue weighted by atomic mass is 10.2. The van der Waals surface area contributed by atoms with Crippen molar-refractivity contribution in [2.75, 3.05) is 30.5 Å². The number of pyridine rings is 1. The molecule has 3 aromatic rings. The molecule has 4 rings (SSSR count). The lowest BCUT2D eigenvalue weighted by molar-refractivity contribution is -0.123. The van der Waals surface area contributed by atoms with Crippen molar-refractivity contribution in [1.82, 2.24) is 19.9 Å². The van der Waals surface area contributed by atoms with Crippen LogP contribution in [0.3, 0.4) is 0 Å². The molecule has 0 saturated carbocycles. The van der Waals surface area contributed by atoms with Crippen molar-refractivity contribution in [2.24, 2.45) is 5.73 Å². The first-order valence-corrected chi connectivity index (χ1v) is 12.6. The number of primary amides is 1. The number of nitrogens with zero attached hydrogens (tertiary/aromatic N) is 4. The van der Waals surface area contributed by atoms with E-state index >= 15 is 0 Å². The van der Waals surface area contributed by atoms with Gasteiger partial charge in [-0.15, -0.1) is 24.0 Å². The summed E-state index contributed by atoms with van der Waals surface area (Å²) in [7, 11) is 0. The number of nitrogens with one attached hydrogen (secondary N) is 1. The molecule has 1 aromatic carbocycles. The second kappa shape index (κ2) is 13.8. The van der Waals surface area contributed by atoms with Gasteiger partial charge in [0.25, 0.3) is 11.5 Å². The standard InChI is InChI=1S/C26H29ClN6O4.ClH/c27-11-13-30-23(34)17-37-21-7-4-18(5-8-21)16-32(14-10-19-3-1-2-12-29-19)25-26(36)33-20(15-31-25)6-9-22(33)24(28)35;/h1-5,7-8,12,15,22H,6,9-11,13-14,16-17H2,(H2,28,35)(H,30,34);1H/t22-;/m0./s1. The van der Waals surface area contributed by atoms with Crippen LogP contribution in [-0.2, 0) is 29.0 Å². The minimum absolute atomic E-state index is 0. The highest BCUT2D eigenvalue weighted by Crippen LogP contribution is 2.24. The number of ether oxygens (including phenoxy) is 1. The molecule has 202 valence electrons. The van der Waals surface area contributed by atoms with Gasteiger partial charge in [0.05, 0.1) is 0 Å². The Morgan fingerprint density at radius 3 is 2.66 bits per heavy atom. The number of amides is 2. The molecule has 0 unspecified atom stereocenters. The molecule has 10 nitrogen and oxygen atoms in total. The summed E-state index contributed by atoms with van der Waals surface area (Å²) in [5.41, 5.74) is 7.74. The van der Waals surface area contributed by atoms with Crippen LogP contribution in [0.2, 0.25) is 0 Å². The molecule has 1 aliphatic heterocycles. The highest BCUT2D eigenvalue weighted by Gasteiger charge is 2.30. The molecule has 3 heterocycles. The maximum absolute atomic E-state index is 13.5. The molecule has 0 bridgehead atoms.